The minimum atomic E-state index is -0.866. The molecule has 25 heavy (non-hydrogen) atoms. The van der Waals surface area contributed by atoms with E-state index in [1.807, 2.05) is 0 Å². The highest BCUT2D eigenvalue weighted by Crippen LogP contribution is 2.25. The molecule has 0 unspecified atom stereocenters. The summed E-state index contributed by atoms with van der Waals surface area (Å²) in [5.74, 6) is -2.26. The zero-order valence-electron chi connectivity index (χ0n) is 13.1. The van der Waals surface area contributed by atoms with Crippen molar-refractivity contribution in [1.82, 2.24) is 4.57 Å². The summed E-state index contributed by atoms with van der Waals surface area (Å²) in [5.41, 5.74) is -0.772. The third kappa shape index (κ3) is 3.00. The number of hydrogen-bond donors (Lipinski definition) is 0. The lowest BCUT2D eigenvalue weighted by Gasteiger charge is -2.14. The van der Waals surface area contributed by atoms with Gasteiger partial charge in [0, 0.05) is 11.6 Å². The van der Waals surface area contributed by atoms with Crippen LogP contribution in [0.1, 0.15) is 17.3 Å². The Bertz CT molecular complexity index is 1050. The van der Waals surface area contributed by atoms with Crippen molar-refractivity contribution in [1.29, 1.82) is 0 Å². The van der Waals surface area contributed by atoms with Crippen LogP contribution in [0.5, 0.6) is 0 Å². The minimum Gasteiger partial charge on any atom is -0.462 e. The Morgan fingerprint density at radius 1 is 1.20 bits per heavy atom. The average Bonchev–Trinajstić information content (AvgIpc) is 2.58. The molecule has 0 atom stereocenters. The Labute approximate surface area is 146 Å². The molecule has 1 heterocycles. The van der Waals surface area contributed by atoms with E-state index in [0.717, 1.165) is 6.07 Å². The van der Waals surface area contributed by atoms with Gasteiger partial charge in [0.05, 0.1) is 22.8 Å². The Morgan fingerprint density at radius 3 is 2.60 bits per heavy atom. The number of para-hydroxylation sites is 1. The molecule has 0 aliphatic carbocycles. The van der Waals surface area contributed by atoms with Gasteiger partial charge in [0.15, 0.2) is 0 Å². The summed E-state index contributed by atoms with van der Waals surface area (Å²) in [6.45, 7) is 1.65. The number of nitrogens with zero attached hydrogens (tertiary/aromatic N) is 1. The van der Waals surface area contributed by atoms with Crippen LogP contribution in [0.4, 0.5) is 8.78 Å². The Kier molecular flexibility index (Phi) is 4.55. The van der Waals surface area contributed by atoms with E-state index in [4.69, 9.17) is 16.3 Å². The maximum absolute atomic E-state index is 14.2. The van der Waals surface area contributed by atoms with Crippen LogP contribution in [0.2, 0.25) is 5.02 Å². The van der Waals surface area contributed by atoms with Gasteiger partial charge in [0.25, 0.3) is 0 Å². The molecule has 1 aromatic heterocycles. The summed E-state index contributed by atoms with van der Waals surface area (Å²) >= 11 is 5.82. The van der Waals surface area contributed by atoms with Gasteiger partial charge < -0.3 is 9.30 Å². The second kappa shape index (κ2) is 6.64. The molecule has 7 heteroatoms. The monoisotopic (exact) mass is 363 g/mol. The lowest BCUT2D eigenvalue weighted by Crippen LogP contribution is -2.21. The number of halogens is 3. The van der Waals surface area contributed by atoms with Gasteiger partial charge in [-0.15, -0.1) is 0 Å². The van der Waals surface area contributed by atoms with Crippen molar-refractivity contribution in [3.63, 3.8) is 0 Å². The highest BCUT2D eigenvalue weighted by molar-refractivity contribution is 6.31. The zero-order chi connectivity index (χ0) is 18.1. The van der Waals surface area contributed by atoms with Crippen molar-refractivity contribution in [2.45, 2.75) is 6.92 Å². The number of rotatable bonds is 3. The smallest absolute Gasteiger partial charge is 0.343 e. The van der Waals surface area contributed by atoms with Gasteiger partial charge >= 0.3 is 5.97 Å². The molecule has 0 N–H and O–H groups in total. The van der Waals surface area contributed by atoms with E-state index in [2.05, 4.69) is 0 Å². The standard InChI is InChI=1S/C18H12ClF2NO3/c1-2-25-18(24)11-9-22(15-6-4-3-5-13(15)20)16-8-12(19)14(21)7-10(16)17(11)23/h3-9H,2H2,1H3. The molecule has 2 aromatic carbocycles. The molecular weight excluding hydrogens is 352 g/mol. The molecule has 0 saturated carbocycles. The average molecular weight is 364 g/mol. The Morgan fingerprint density at radius 2 is 1.92 bits per heavy atom. The molecule has 0 fully saturated rings. The predicted octanol–water partition coefficient (Wildman–Crippen LogP) is 4.10. The summed E-state index contributed by atoms with van der Waals surface area (Å²) < 4.78 is 34.2. The molecule has 0 aliphatic rings. The highest BCUT2D eigenvalue weighted by atomic mass is 35.5. The van der Waals surface area contributed by atoms with Crippen molar-refractivity contribution in [3.05, 3.63) is 75.0 Å². The first kappa shape index (κ1) is 17.1. The number of ether oxygens (including phenoxy) is 1. The number of benzene rings is 2. The molecule has 0 saturated heterocycles. The van der Waals surface area contributed by atoms with Crippen LogP contribution in [0.25, 0.3) is 16.6 Å². The molecule has 4 nitrogen and oxygen atoms in total. The third-order valence-corrected chi connectivity index (χ3v) is 3.94. The van der Waals surface area contributed by atoms with Crippen molar-refractivity contribution in [3.8, 4) is 5.69 Å². The summed E-state index contributed by atoms with van der Waals surface area (Å²) in [4.78, 5) is 24.6. The van der Waals surface area contributed by atoms with Gasteiger partial charge in [-0.3, -0.25) is 4.79 Å². The van der Waals surface area contributed by atoms with Gasteiger partial charge in [-0.2, -0.15) is 0 Å². The molecular formula is C18H12ClF2NO3. The summed E-state index contributed by atoms with van der Waals surface area (Å²) in [6.07, 6.45) is 1.18. The van der Waals surface area contributed by atoms with Crippen LogP contribution in [-0.4, -0.2) is 17.1 Å². The van der Waals surface area contributed by atoms with E-state index in [1.165, 1.54) is 35.0 Å². The lowest BCUT2D eigenvalue weighted by atomic mass is 10.1. The third-order valence-electron chi connectivity index (χ3n) is 3.65. The van der Waals surface area contributed by atoms with E-state index < -0.39 is 23.0 Å². The molecule has 3 rings (SSSR count). The molecule has 128 valence electrons. The number of pyridine rings is 1. The number of aromatic nitrogens is 1. The Hall–Kier alpha value is -2.73. The summed E-state index contributed by atoms with van der Waals surface area (Å²) in [5, 5.41) is -0.323. The fraction of sp³-hybridized carbons (Fsp3) is 0.111. The van der Waals surface area contributed by atoms with Crippen LogP contribution < -0.4 is 5.43 Å². The van der Waals surface area contributed by atoms with Crippen molar-refractivity contribution in [2.24, 2.45) is 0 Å². The fourth-order valence-electron chi connectivity index (χ4n) is 2.52. The van der Waals surface area contributed by atoms with Crippen molar-refractivity contribution >= 4 is 28.5 Å². The van der Waals surface area contributed by atoms with Gasteiger partial charge in [0.2, 0.25) is 5.43 Å². The first-order valence-electron chi connectivity index (χ1n) is 7.40. The number of hydrogen-bond acceptors (Lipinski definition) is 3. The molecule has 0 radical (unpaired) electrons. The second-order valence-corrected chi connectivity index (χ2v) is 5.60. The largest absolute Gasteiger partial charge is 0.462 e. The van der Waals surface area contributed by atoms with Crippen LogP contribution in [-0.2, 0) is 4.74 Å². The molecule has 0 spiro atoms. The van der Waals surface area contributed by atoms with E-state index in [-0.39, 0.29) is 33.8 Å². The zero-order valence-corrected chi connectivity index (χ0v) is 13.8. The van der Waals surface area contributed by atoms with Gasteiger partial charge in [0.1, 0.15) is 17.2 Å². The molecule has 0 aliphatic heterocycles. The van der Waals surface area contributed by atoms with Gasteiger partial charge in [-0.05, 0) is 31.2 Å². The van der Waals surface area contributed by atoms with Crippen LogP contribution >= 0.6 is 11.6 Å². The summed E-state index contributed by atoms with van der Waals surface area (Å²) in [7, 11) is 0. The van der Waals surface area contributed by atoms with Crippen LogP contribution in [0.15, 0.2) is 47.4 Å². The van der Waals surface area contributed by atoms with E-state index >= 15 is 0 Å². The number of carbonyl (C=O) groups excluding carboxylic acids is 1. The number of esters is 1. The summed E-state index contributed by atoms with van der Waals surface area (Å²) in [6, 6.07) is 7.94. The number of carbonyl (C=O) groups is 1. The lowest BCUT2D eigenvalue weighted by molar-refractivity contribution is 0.0524. The van der Waals surface area contributed by atoms with Gasteiger partial charge in [-0.25, -0.2) is 13.6 Å². The predicted molar refractivity (Wildman–Crippen MR) is 90.4 cm³/mol. The molecule has 3 aromatic rings. The SMILES string of the molecule is CCOC(=O)c1cn(-c2ccccc2F)c2cc(Cl)c(F)cc2c1=O. The van der Waals surface area contributed by atoms with Crippen LogP contribution in [0.3, 0.4) is 0 Å². The van der Waals surface area contributed by atoms with E-state index in [0.29, 0.717) is 0 Å². The second-order valence-electron chi connectivity index (χ2n) is 5.20. The quantitative estimate of drug-likeness (QED) is 0.658. The maximum Gasteiger partial charge on any atom is 0.343 e. The van der Waals surface area contributed by atoms with E-state index in [9.17, 15) is 18.4 Å². The topological polar surface area (TPSA) is 48.3 Å². The highest BCUT2D eigenvalue weighted by Gasteiger charge is 2.19. The molecule has 0 bridgehead atoms. The normalized spacial score (nSPS) is 10.9. The fourth-order valence-corrected chi connectivity index (χ4v) is 2.68. The number of fused-ring (bicyclic) bond motifs is 1. The first-order valence-corrected chi connectivity index (χ1v) is 7.78. The maximum atomic E-state index is 14.2. The minimum absolute atomic E-state index is 0.0605. The Balaban J connectivity index is 2.44. The van der Waals surface area contributed by atoms with Crippen molar-refractivity contribution in [2.75, 3.05) is 6.61 Å². The first-order chi connectivity index (χ1) is 11.9. The van der Waals surface area contributed by atoms with E-state index in [1.54, 1.807) is 13.0 Å². The molecule has 0 amide bonds. The van der Waals surface area contributed by atoms with Crippen molar-refractivity contribution < 1.29 is 18.3 Å². The van der Waals surface area contributed by atoms with Crippen LogP contribution in [0, 0.1) is 11.6 Å². The van der Waals surface area contributed by atoms with Gasteiger partial charge in [-0.1, -0.05) is 23.7 Å².